The zero-order valence-corrected chi connectivity index (χ0v) is 63.4. The molecule has 80 heavy (non-hydrogen) atoms. The molecule has 0 aliphatic carbocycles. The van der Waals surface area contributed by atoms with Gasteiger partial charge in [-0.25, -0.2) is 0 Å². The molecule has 0 aliphatic rings. The lowest BCUT2D eigenvalue weighted by Gasteiger charge is -1.86. The molecule has 0 aromatic carbocycles. The summed E-state index contributed by atoms with van der Waals surface area (Å²) < 4.78 is 0. The first-order valence-electron chi connectivity index (χ1n) is 36.2. The average molecular weight is 1160 g/mol. The molecular weight excluding hydrogens is 981 g/mol. The van der Waals surface area contributed by atoms with E-state index in [1.54, 1.807) is 69.2 Å². The molecule has 510 valence electrons. The second-order valence-electron chi connectivity index (χ2n) is 22.5. The fraction of sp³-hybridized carbons (Fsp3) is 1.00. The number of rotatable bonds is 30. The van der Waals surface area contributed by atoms with Crippen LogP contribution in [0.4, 0.5) is 0 Å². The highest BCUT2D eigenvalue weighted by Gasteiger charge is 1.81. The van der Waals surface area contributed by atoms with Crippen LogP contribution in [0.15, 0.2) is 0 Å². The summed E-state index contributed by atoms with van der Waals surface area (Å²) in [5.74, 6) is 0. The van der Waals surface area contributed by atoms with Crippen molar-refractivity contribution in [1.29, 1.82) is 0 Å². The molecule has 0 aromatic rings. The summed E-state index contributed by atoms with van der Waals surface area (Å²) in [6.07, 6.45) is 54.5. The van der Waals surface area contributed by atoms with Gasteiger partial charge < -0.3 is 25.5 Å². The van der Waals surface area contributed by atoms with Crippen molar-refractivity contribution in [1.82, 2.24) is 0 Å². The minimum Gasteiger partial charge on any atom is -0.394 e. The van der Waals surface area contributed by atoms with Crippen molar-refractivity contribution >= 4 is 0 Å². The van der Waals surface area contributed by atoms with Crippen LogP contribution in [0.3, 0.4) is 0 Å². The molecule has 5 N–H and O–H groups in total. The molecular formula is C75H180O5. The van der Waals surface area contributed by atoms with Crippen molar-refractivity contribution in [2.75, 3.05) is 0 Å². The van der Waals surface area contributed by atoms with Gasteiger partial charge in [0.25, 0.3) is 0 Å². The van der Waals surface area contributed by atoms with E-state index in [2.05, 4.69) is 138 Å². The maximum Gasteiger partial charge on any atom is 0.0483 e. The summed E-state index contributed by atoms with van der Waals surface area (Å²) in [4.78, 5) is 0. The van der Waals surface area contributed by atoms with Crippen LogP contribution in [0.5, 0.6) is 0 Å². The summed E-state index contributed by atoms with van der Waals surface area (Å²) in [6, 6.07) is 0. The van der Waals surface area contributed by atoms with E-state index in [1.165, 1.54) is 257 Å². The van der Waals surface area contributed by atoms with Gasteiger partial charge in [-0.3, -0.25) is 0 Å². The van der Waals surface area contributed by atoms with E-state index in [9.17, 15) is 0 Å². The Kier molecular flexibility index (Phi) is 234. The molecule has 0 amide bonds. The highest BCUT2D eigenvalue weighted by Crippen LogP contribution is 2.00. The van der Waals surface area contributed by atoms with Crippen molar-refractivity contribution in [3.8, 4) is 0 Å². The Labute approximate surface area is 518 Å². The quantitative estimate of drug-likeness (QED) is 0.0462. The molecule has 0 aliphatic heterocycles. The molecule has 0 saturated carbocycles. The molecule has 0 bridgehead atoms. The van der Waals surface area contributed by atoms with Gasteiger partial charge in [0.15, 0.2) is 0 Å². The van der Waals surface area contributed by atoms with Gasteiger partial charge in [0.05, 0.1) is 0 Å². The number of unbranched alkanes of at least 4 members (excludes halogenated alkanes) is 30. The summed E-state index contributed by atoms with van der Waals surface area (Å²) >= 11 is 0. The van der Waals surface area contributed by atoms with E-state index in [0.29, 0.717) is 0 Å². The van der Waals surface area contributed by atoms with Crippen LogP contribution in [-0.4, -0.2) is 56.1 Å². The summed E-state index contributed by atoms with van der Waals surface area (Å²) in [7, 11) is 0. The van der Waals surface area contributed by atoms with Gasteiger partial charge >= 0.3 is 0 Å². The maximum atomic E-state index is 8.06. The normalized spacial score (nSPS) is 9.00. The van der Waals surface area contributed by atoms with E-state index < -0.39 is 0 Å². The molecule has 0 fully saturated rings. The predicted molar refractivity (Wildman–Crippen MR) is 385 cm³/mol. The largest absolute Gasteiger partial charge is 0.394 e. The molecule has 0 spiro atoms. The summed E-state index contributed by atoms with van der Waals surface area (Å²) in [6.45, 7) is 61.9. The first-order chi connectivity index (χ1) is 37.8. The van der Waals surface area contributed by atoms with E-state index in [-0.39, 0.29) is 30.5 Å². The third-order valence-electron chi connectivity index (χ3n) is 9.57. The van der Waals surface area contributed by atoms with E-state index >= 15 is 0 Å². The molecule has 0 heterocycles. The highest BCUT2D eigenvalue weighted by atomic mass is 16.3. The third-order valence-corrected chi connectivity index (χ3v) is 9.57. The maximum absolute atomic E-state index is 8.06. The zero-order chi connectivity index (χ0) is 66.2. The molecule has 0 saturated heterocycles. The van der Waals surface area contributed by atoms with Gasteiger partial charge in [-0.1, -0.05) is 395 Å². The second-order valence-corrected chi connectivity index (χ2v) is 22.5. The lowest BCUT2D eigenvalue weighted by atomic mass is 10.2. The summed E-state index contributed by atoms with van der Waals surface area (Å²) in [5, 5.41) is 40.3. The monoisotopic (exact) mass is 1160 g/mol. The van der Waals surface area contributed by atoms with E-state index in [0.717, 1.165) is 0 Å². The molecule has 0 unspecified atom stereocenters. The van der Waals surface area contributed by atoms with E-state index in [4.69, 9.17) is 25.5 Å². The van der Waals surface area contributed by atoms with Crippen LogP contribution < -0.4 is 0 Å². The molecule has 5 nitrogen and oxygen atoms in total. The number of aliphatic hydroxyl groups is 5. The first kappa shape index (κ1) is 118. The summed E-state index contributed by atoms with van der Waals surface area (Å²) in [5.41, 5.74) is 0. The molecule has 0 rings (SSSR count). The Bertz CT molecular complexity index is 431. The second kappa shape index (κ2) is 159. The predicted octanol–water partition coefficient (Wildman–Crippen LogP) is 27.8. The van der Waals surface area contributed by atoms with Gasteiger partial charge in [0, 0.05) is 30.5 Å². The molecule has 0 atom stereocenters. The Morgan fingerprint density at radius 1 is 0.125 bits per heavy atom. The highest BCUT2D eigenvalue weighted by molar-refractivity contribution is 4.36. The van der Waals surface area contributed by atoms with E-state index in [1.807, 2.05) is 0 Å². The fourth-order valence-corrected chi connectivity index (χ4v) is 5.00. The lowest BCUT2D eigenvalue weighted by Crippen LogP contribution is -1.85. The molecule has 0 aromatic heterocycles. The van der Waals surface area contributed by atoms with Gasteiger partial charge in [0.2, 0.25) is 0 Å². The van der Waals surface area contributed by atoms with Crippen LogP contribution >= 0.6 is 0 Å². The standard InChI is InChI=1S/10C6H14.5C3H8O/c10*1-3-5-6-4-2;5*1-3(2)4/h10*3-6H2,1-2H3;5*3-4H,1-2H3. The van der Waals surface area contributed by atoms with Crippen molar-refractivity contribution in [3.63, 3.8) is 0 Å². The topological polar surface area (TPSA) is 101 Å². The van der Waals surface area contributed by atoms with Crippen LogP contribution in [0.2, 0.25) is 0 Å². The van der Waals surface area contributed by atoms with Gasteiger partial charge in [-0.05, 0) is 69.2 Å². The Hall–Kier alpha value is -0.200. The van der Waals surface area contributed by atoms with Crippen LogP contribution in [0.25, 0.3) is 0 Å². The fourth-order valence-electron chi connectivity index (χ4n) is 5.00. The van der Waals surface area contributed by atoms with Crippen LogP contribution in [0, 0.1) is 0 Å². The van der Waals surface area contributed by atoms with Gasteiger partial charge in [-0.2, -0.15) is 0 Å². The van der Waals surface area contributed by atoms with Crippen LogP contribution in [0.1, 0.15) is 465 Å². The van der Waals surface area contributed by atoms with Crippen molar-refractivity contribution in [3.05, 3.63) is 0 Å². The first-order valence-corrected chi connectivity index (χ1v) is 36.2. The zero-order valence-electron chi connectivity index (χ0n) is 63.4. The minimum absolute atomic E-state index is 0.167. The lowest BCUT2D eigenvalue weighted by molar-refractivity contribution is 0.215. The number of hydrogen-bond acceptors (Lipinski definition) is 5. The SMILES string of the molecule is CC(C)O.CC(C)O.CC(C)O.CC(C)O.CC(C)O.CCCCCC.CCCCCC.CCCCCC.CCCCCC.CCCCCC.CCCCCC.CCCCCC.CCCCCC.CCCCCC.CCCCCC. The Morgan fingerprint density at radius 2 is 0.150 bits per heavy atom. The number of aliphatic hydroxyl groups excluding tert-OH is 5. The number of hydrogen-bond donors (Lipinski definition) is 5. The molecule has 5 heteroatoms. The average Bonchev–Trinajstić information content (AvgIpc) is 3.40. The van der Waals surface area contributed by atoms with Crippen molar-refractivity contribution in [2.45, 2.75) is 495 Å². The smallest absolute Gasteiger partial charge is 0.0483 e. The van der Waals surface area contributed by atoms with Gasteiger partial charge in [0.1, 0.15) is 0 Å². The molecule has 0 radical (unpaired) electrons. The Balaban J connectivity index is -0.0000000437. The van der Waals surface area contributed by atoms with Crippen molar-refractivity contribution < 1.29 is 25.5 Å². The third kappa shape index (κ3) is 517. The Morgan fingerprint density at radius 3 is 0.163 bits per heavy atom. The van der Waals surface area contributed by atoms with Crippen molar-refractivity contribution in [2.24, 2.45) is 0 Å². The van der Waals surface area contributed by atoms with Crippen LogP contribution in [-0.2, 0) is 0 Å². The van der Waals surface area contributed by atoms with Gasteiger partial charge in [-0.15, -0.1) is 0 Å². The minimum atomic E-state index is -0.167.